The number of carbonyl (C=O) groups is 2. The first-order valence-corrected chi connectivity index (χ1v) is 5.04. The van der Waals surface area contributed by atoms with Crippen LogP contribution in [0.1, 0.15) is 23.7 Å². The molecule has 1 rings (SSSR count). The Balaban J connectivity index is 2.33. The molecular formula is C11H14N2O3. The summed E-state index contributed by atoms with van der Waals surface area (Å²) in [4.78, 5) is 27.0. The van der Waals surface area contributed by atoms with Crippen molar-refractivity contribution in [3.8, 4) is 0 Å². The van der Waals surface area contributed by atoms with Crippen LogP contribution < -0.4 is 10.8 Å². The molecule has 5 heteroatoms. The molecule has 0 aliphatic heterocycles. The number of benzene rings is 1. The van der Waals surface area contributed by atoms with Crippen molar-refractivity contribution in [2.24, 2.45) is 0 Å². The summed E-state index contributed by atoms with van der Waals surface area (Å²) < 4.78 is 0. The molecule has 0 aliphatic carbocycles. The smallest absolute Gasteiger partial charge is 0.336 e. The number of nitrogens with one attached hydrogen (secondary N) is 2. The van der Waals surface area contributed by atoms with Gasteiger partial charge in [0.1, 0.15) is 0 Å². The van der Waals surface area contributed by atoms with E-state index < -0.39 is 12.0 Å². The molecule has 16 heavy (non-hydrogen) atoms. The van der Waals surface area contributed by atoms with Crippen LogP contribution in [0, 0.1) is 0 Å². The lowest BCUT2D eigenvalue weighted by Gasteiger charge is -2.06. The molecule has 0 unspecified atom stereocenters. The molecule has 1 aromatic rings. The Morgan fingerprint density at radius 1 is 1.25 bits per heavy atom. The van der Waals surface area contributed by atoms with Crippen molar-refractivity contribution >= 4 is 12.0 Å². The quantitative estimate of drug-likeness (QED) is 0.761. The van der Waals surface area contributed by atoms with Crippen LogP contribution in [0.4, 0.5) is 4.79 Å². The lowest BCUT2D eigenvalue weighted by molar-refractivity contribution is 0.0326. The molecule has 2 amide bonds. The first-order chi connectivity index (χ1) is 7.74. The zero-order valence-corrected chi connectivity index (χ0v) is 9.03. The fourth-order valence-corrected chi connectivity index (χ4v) is 1.00. The van der Waals surface area contributed by atoms with Crippen LogP contribution in [0.15, 0.2) is 30.3 Å². The Bertz CT molecular complexity index is 352. The second kappa shape index (κ2) is 6.44. The third-order valence-corrected chi connectivity index (χ3v) is 1.78. The van der Waals surface area contributed by atoms with E-state index in [9.17, 15) is 9.59 Å². The Kier molecular flexibility index (Phi) is 4.85. The third kappa shape index (κ3) is 4.00. The van der Waals surface area contributed by atoms with Gasteiger partial charge in [0, 0.05) is 6.54 Å². The van der Waals surface area contributed by atoms with Crippen molar-refractivity contribution in [2.45, 2.75) is 13.3 Å². The molecular weight excluding hydrogens is 208 g/mol. The highest BCUT2D eigenvalue weighted by Crippen LogP contribution is 1.99. The third-order valence-electron chi connectivity index (χ3n) is 1.78. The molecule has 0 spiro atoms. The normalized spacial score (nSPS) is 9.31. The number of rotatable bonds is 3. The molecule has 0 aliphatic rings. The highest BCUT2D eigenvalue weighted by atomic mass is 16.7. The second-order valence-corrected chi connectivity index (χ2v) is 3.11. The van der Waals surface area contributed by atoms with Crippen molar-refractivity contribution in [3.05, 3.63) is 35.9 Å². The Morgan fingerprint density at radius 2 is 1.94 bits per heavy atom. The topological polar surface area (TPSA) is 67.4 Å². The molecule has 0 fully saturated rings. The minimum atomic E-state index is -0.591. The molecule has 0 bridgehead atoms. The molecule has 0 radical (unpaired) electrons. The molecule has 0 saturated heterocycles. The molecule has 2 N–H and O–H groups in total. The van der Waals surface area contributed by atoms with E-state index in [1.54, 1.807) is 30.3 Å². The lowest BCUT2D eigenvalue weighted by Crippen LogP contribution is -2.37. The Labute approximate surface area is 93.7 Å². The van der Waals surface area contributed by atoms with Gasteiger partial charge in [0.2, 0.25) is 0 Å². The molecule has 86 valence electrons. The zero-order chi connectivity index (χ0) is 11.8. The van der Waals surface area contributed by atoms with Gasteiger partial charge >= 0.3 is 12.0 Å². The van der Waals surface area contributed by atoms with Gasteiger partial charge in [-0.15, -0.1) is 0 Å². The minimum Gasteiger partial charge on any atom is -0.336 e. The van der Waals surface area contributed by atoms with Gasteiger partial charge in [-0.2, -0.15) is 5.48 Å². The van der Waals surface area contributed by atoms with Crippen LogP contribution in [-0.2, 0) is 4.84 Å². The van der Waals surface area contributed by atoms with Gasteiger partial charge in [0.15, 0.2) is 0 Å². The summed E-state index contributed by atoms with van der Waals surface area (Å²) in [6.07, 6.45) is 0.819. The monoisotopic (exact) mass is 222 g/mol. The number of amides is 2. The van der Waals surface area contributed by atoms with E-state index in [4.69, 9.17) is 0 Å². The molecule has 1 aromatic carbocycles. The van der Waals surface area contributed by atoms with Gasteiger partial charge < -0.3 is 10.2 Å². The predicted molar refractivity (Wildman–Crippen MR) is 58.7 cm³/mol. The van der Waals surface area contributed by atoms with Gasteiger partial charge in [-0.05, 0) is 18.6 Å². The van der Waals surface area contributed by atoms with Crippen LogP contribution in [0.25, 0.3) is 0 Å². The summed E-state index contributed by atoms with van der Waals surface area (Å²) in [7, 11) is 0. The lowest BCUT2D eigenvalue weighted by atomic mass is 10.2. The highest BCUT2D eigenvalue weighted by molar-refractivity contribution is 5.90. The van der Waals surface area contributed by atoms with Crippen molar-refractivity contribution in [1.29, 1.82) is 0 Å². The van der Waals surface area contributed by atoms with Crippen LogP contribution in [0.5, 0.6) is 0 Å². The van der Waals surface area contributed by atoms with Gasteiger partial charge in [-0.3, -0.25) is 0 Å². The fourth-order valence-electron chi connectivity index (χ4n) is 1.00. The largest absolute Gasteiger partial charge is 0.363 e. The van der Waals surface area contributed by atoms with Crippen molar-refractivity contribution in [2.75, 3.05) is 6.54 Å². The predicted octanol–water partition coefficient (Wildman–Crippen LogP) is 1.47. The van der Waals surface area contributed by atoms with Gasteiger partial charge in [0.05, 0.1) is 5.56 Å². The standard InChI is InChI=1S/C11H14N2O3/c1-2-8-12-11(15)13-16-10(14)9-6-4-3-5-7-9/h3-7H,2,8H2,1H3,(H2,12,13,15). The van der Waals surface area contributed by atoms with Crippen LogP contribution in [-0.4, -0.2) is 18.5 Å². The average molecular weight is 222 g/mol. The Hall–Kier alpha value is -2.04. The molecule has 0 aromatic heterocycles. The number of urea groups is 1. The average Bonchev–Trinajstić information content (AvgIpc) is 2.34. The summed E-state index contributed by atoms with van der Waals surface area (Å²) in [5.74, 6) is -0.591. The van der Waals surface area contributed by atoms with Crippen molar-refractivity contribution in [3.63, 3.8) is 0 Å². The summed E-state index contributed by atoms with van der Waals surface area (Å²) in [5.41, 5.74) is 2.40. The van der Waals surface area contributed by atoms with Gasteiger partial charge in [0.25, 0.3) is 0 Å². The zero-order valence-electron chi connectivity index (χ0n) is 9.03. The number of hydrogen-bond acceptors (Lipinski definition) is 3. The maximum absolute atomic E-state index is 11.4. The van der Waals surface area contributed by atoms with Crippen LogP contribution >= 0.6 is 0 Å². The van der Waals surface area contributed by atoms with E-state index >= 15 is 0 Å². The Morgan fingerprint density at radius 3 is 2.56 bits per heavy atom. The summed E-state index contributed by atoms with van der Waals surface area (Å²) >= 11 is 0. The van der Waals surface area contributed by atoms with Crippen molar-refractivity contribution < 1.29 is 14.4 Å². The SMILES string of the molecule is CCCNC(=O)NOC(=O)c1ccccc1. The number of carbonyl (C=O) groups excluding carboxylic acids is 2. The van der Waals surface area contributed by atoms with Crippen LogP contribution in [0.2, 0.25) is 0 Å². The van der Waals surface area contributed by atoms with E-state index in [2.05, 4.69) is 10.2 Å². The van der Waals surface area contributed by atoms with Gasteiger partial charge in [-0.1, -0.05) is 25.1 Å². The first kappa shape index (κ1) is 12.0. The number of hydroxylamine groups is 1. The summed E-state index contributed by atoms with van der Waals surface area (Å²) in [6, 6.07) is 7.91. The number of hydrogen-bond donors (Lipinski definition) is 2. The van der Waals surface area contributed by atoms with Gasteiger partial charge in [-0.25, -0.2) is 9.59 Å². The molecule has 0 atom stereocenters. The fraction of sp³-hybridized carbons (Fsp3) is 0.273. The minimum absolute atomic E-state index is 0.387. The first-order valence-electron chi connectivity index (χ1n) is 5.04. The van der Waals surface area contributed by atoms with E-state index in [1.165, 1.54) is 0 Å². The second-order valence-electron chi connectivity index (χ2n) is 3.11. The van der Waals surface area contributed by atoms with Crippen molar-refractivity contribution in [1.82, 2.24) is 10.8 Å². The van der Waals surface area contributed by atoms with E-state index in [0.29, 0.717) is 12.1 Å². The summed E-state index contributed by atoms with van der Waals surface area (Å²) in [6.45, 7) is 2.46. The summed E-state index contributed by atoms with van der Waals surface area (Å²) in [5, 5.41) is 2.51. The van der Waals surface area contributed by atoms with E-state index in [0.717, 1.165) is 6.42 Å². The maximum Gasteiger partial charge on any atom is 0.363 e. The van der Waals surface area contributed by atoms with E-state index in [-0.39, 0.29) is 0 Å². The maximum atomic E-state index is 11.4. The molecule has 0 saturated carbocycles. The molecule has 5 nitrogen and oxygen atoms in total. The highest BCUT2D eigenvalue weighted by Gasteiger charge is 2.07. The van der Waals surface area contributed by atoms with Crippen LogP contribution in [0.3, 0.4) is 0 Å². The molecule has 0 heterocycles. The van der Waals surface area contributed by atoms with E-state index in [1.807, 2.05) is 12.4 Å².